The zero-order valence-electron chi connectivity index (χ0n) is 12.3. The van der Waals surface area contributed by atoms with Gasteiger partial charge in [-0.3, -0.25) is 0 Å². The topological polar surface area (TPSA) is 55.8 Å². The van der Waals surface area contributed by atoms with Gasteiger partial charge in [-0.1, -0.05) is 13.8 Å². The Morgan fingerprint density at radius 3 is 2.21 bits per heavy atom. The van der Waals surface area contributed by atoms with E-state index in [1.807, 2.05) is 13.8 Å². The van der Waals surface area contributed by atoms with Crippen LogP contribution < -0.4 is 9.47 Å². The molecule has 1 heterocycles. The second-order valence-electron chi connectivity index (χ2n) is 4.19. The molecule has 0 aromatic heterocycles. The highest BCUT2D eigenvalue weighted by molar-refractivity contribution is 5.95. The molecule has 1 aliphatic heterocycles. The molecule has 1 unspecified atom stereocenters. The van der Waals surface area contributed by atoms with Gasteiger partial charge in [-0.15, -0.1) is 13.2 Å². The number of halogens is 6. The Bertz CT molecular complexity index is 633. The lowest BCUT2D eigenvalue weighted by molar-refractivity contribution is -0.274. The standard InChI is InChI=1S/C12H6F6O4.C2H6/c13-11(14,15)9-7(10(19)20)4-5-3-6(22-12(16,17)18)1-2-8(5)21-9;1-2/h1-4,9H,(H,19,20);1-2H3. The van der Waals surface area contributed by atoms with Gasteiger partial charge in [0.2, 0.25) is 6.10 Å². The van der Waals surface area contributed by atoms with E-state index in [9.17, 15) is 31.1 Å². The van der Waals surface area contributed by atoms with Crippen molar-refractivity contribution < 1.29 is 45.7 Å². The van der Waals surface area contributed by atoms with E-state index in [1.165, 1.54) is 0 Å². The van der Waals surface area contributed by atoms with Crippen LogP contribution in [0.25, 0.3) is 6.08 Å². The number of aliphatic carboxylic acids is 1. The maximum atomic E-state index is 12.7. The van der Waals surface area contributed by atoms with Crippen LogP contribution in [-0.4, -0.2) is 29.7 Å². The van der Waals surface area contributed by atoms with Gasteiger partial charge in [-0.25, -0.2) is 4.79 Å². The average molecular weight is 358 g/mol. The number of carboxylic acids is 1. The first-order valence-corrected chi connectivity index (χ1v) is 6.55. The first-order valence-electron chi connectivity index (χ1n) is 6.55. The van der Waals surface area contributed by atoms with Crippen LogP contribution in [0.3, 0.4) is 0 Å². The molecular weight excluding hydrogens is 346 g/mol. The summed E-state index contributed by atoms with van der Waals surface area (Å²) < 4.78 is 82.6. The summed E-state index contributed by atoms with van der Waals surface area (Å²) in [5.74, 6) is -3.00. The summed E-state index contributed by atoms with van der Waals surface area (Å²) in [4.78, 5) is 10.9. The maximum absolute atomic E-state index is 12.7. The molecule has 10 heteroatoms. The van der Waals surface area contributed by atoms with E-state index in [0.717, 1.165) is 18.2 Å². The van der Waals surface area contributed by atoms with Gasteiger partial charge in [0.1, 0.15) is 11.5 Å². The van der Waals surface area contributed by atoms with Crippen molar-refractivity contribution in [3.8, 4) is 11.5 Å². The number of hydrogen-bond acceptors (Lipinski definition) is 3. The van der Waals surface area contributed by atoms with Gasteiger partial charge in [0.25, 0.3) is 0 Å². The lowest BCUT2D eigenvalue weighted by atomic mass is 10.0. The third kappa shape index (κ3) is 4.80. The van der Waals surface area contributed by atoms with Crippen LogP contribution in [0.2, 0.25) is 0 Å². The SMILES string of the molecule is CC.O=C(O)C1=Cc2cc(OC(F)(F)F)ccc2OC1C(F)(F)F. The van der Waals surface area contributed by atoms with Crippen LogP contribution in [0.4, 0.5) is 26.3 Å². The van der Waals surface area contributed by atoms with Crippen molar-refractivity contribution in [2.75, 3.05) is 0 Å². The summed E-state index contributed by atoms with van der Waals surface area (Å²) in [6.45, 7) is 4.00. The lowest BCUT2D eigenvalue weighted by Crippen LogP contribution is -2.40. The molecule has 1 atom stereocenters. The lowest BCUT2D eigenvalue weighted by Gasteiger charge is -2.27. The van der Waals surface area contributed by atoms with E-state index in [1.54, 1.807) is 0 Å². The van der Waals surface area contributed by atoms with Gasteiger partial charge in [0, 0.05) is 5.56 Å². The molecule has 0 spiro atoms. The zero-order chi connectivity index (χ0) is 18.7. The number of hydrogen-bond donors (Lipinski definition) is 1. The first kappa shape index (κ1) is 19.7. The molecule has 0 amide bonds. The number of alkyl halides is 6. The predicted molar refractivity (Wildman–Crippen MR) is 70.6 cm³/mol. The van der Waals surface area contributed by atoms with Gasteiger partial charge in [-0.05, 0) is 24.3 Å². The minimum atomic E-state index is -4.99. The van der Waals surface area contributed by atoms with E-state index < -0.39 is 41.7 Å². The second kappa shape index (κ2) is 7.02. The van der Waals surface area contributed by atoms with Gasteiger partial charge in [0.15, 0.2) is 0 Å². The van der Waals surface area contributed by atoms with Crippen molar-refractivity contribution in [2.24, 2.45) is 0 Å². The molecule has 1 aliphatic rings. The number of fused-ring (bicyclic) bond motifs is 1. The summed E-state index contributed by atoms with van der Waals surface area (Å²) in [5.41, 5.74) is -1.40. The third-order valence-electron chi connectivity index (χ3n) is 2.60. The van der Waals surface area contributed by atoms with Crippen LogP contribution in [0, 0.1) is 0 Å². The Morgan fingerprint density at radius 2 is 1.75 bits per heavy atom. The van der Waals surface area contributed by atoms with Crippen molar-refractivity contribution in [3.63, 3.8) is 0 Å². The van der Waals surface area contributed by atoms with Crippen molar-refractivity contribution in [3.05, 3.63) is 29.3 Å². The fourth-order valence-corrected chi connectivity index (χ4v) is 1.79. The molecule has 0 saturated heterocycles. The van der Waals surface area contributed by atoms with E-state index in [-0.39, 0.29) is 5.56 Å². The second-order valence-corrected chi connectivity index (χ2v) is 4.19. The Kier molecular flexibility index (Phi) is 5.75. The number of ether oxygens (including phenoxy) is 2. The average Bonchev–Trinajstić information content (AvgIpc) is 2.45. The number of benzene rings is 1. The predicted octanol–water partition coefficient (Wildman–Crippen LogP) is 4.40. The summed E-state index contributed by atoms with van der Waals surface area (Å²) in [5, 5.41) is 8.79. The molecule has 0 saturated carbocycles. The molecule has 2 rings (SSSR count). The van der Waals surface area contributed by atoms with Gasteiger partial charge < -0.3 is 14.6 Å². The molecule has 1 N–H and O–H groups in total. The molecule has 0 fully saturated rings. The molecule has 0 aliphatic carbocycles. The first-order chi connectivity index (χ1) is 11.0. The molecule has 24 heavy (non-hydrogen) atoms. The van der Waals surface area contributed by atoms with Crippen LogP contribution in [0.1, 0.15) is 19.4 Å². The maximum Gasteiger partial charge on any atom is 0.573 e. The Balaban J connectivity index is 0.00000139. The third-order valence-corrected chi connectivity index (χ3v) is 2.60. The van der Waals surface area contributed by atoms with Gasteiger partial charge in [0.05, 0.1) is 5.57 Å². The molecule has 0 bridgehead atoms. The van der Waals surface area contributed by atoms with E-state index >= 15 is 0 Å². The van der Waals surface area contributed by atoms with Crippen molar-refractivity contribution in [2.45, 2.75) is 32.5 Å². The fourth-order valence-electron chi connectivity index (χ4n) is 1.79. The highest BCUT2D eigenvalue weighted by atomic mass is 19.4. The largest absolute Gasteiger partial charge is 0.573 e. The van der Waals surface area contributed by atoms with E-state index in [2.05, 4.69) is 9.47 Å². The van der Waals surface area contributed by atoms with Crippen molar-refractivity contribution in [1.29, 1.82) is 0 Å². The van der Waals surface area contributed by atoms with Gasteiger partial charge in [-0.2, -0.15) is 13.2 Å². The normalized spacial score (nSPS) is 16.8. The summed E-state index contributed by atoms with van der Waals surface area (Å²) in [6, 6.07) is 2.34. The number of rotatable bonds is 2. The van der Waals surface area contributed by atoms with E-state index in [4.69, 9.17) is 5.11 Å². The van der Waals surface area contributed by atoms with E-state index in [0.29, 0.717) is 6.08 Å². The Hall–Kier alpha value is -2.39. The summed E-state index contributed by atoms with van der Waals surface area (Å²) in [7, 11) is 0. The Labute approximate surface area is 132 Å². The Morgan fingerprint density at radius 1 is 1.17 bits per heavy atom. The smallest absolute Gasteiger partial charge is 0.478 e. The van der Waals surface area contributed by atoms with Crippen molar-refractivity contribution >= 4 is 12.0 Å². The molecule has 1 aromatic rings. The van der Waals surface area contributed by atoms with Crippen LogP contribution >= 0.6 is 0 Å². The molecule has 0 radical (unpaired) electrons. The molecular formula is C14H12F6O4. The fraction of sp³-hybridized carbons (Fsp3) is 0.357. The van der Waals surface area contributed by atoms with Crippen LogP contribution in [-0.2, 0) is 4.79 Å². The highest BCUT2D eigenvalue weighted by Crippen LogP contribution is 2.39. The number of carboxylic acid groups (broad SMARTS) is 1. The summed E-state index contributed by atoms with van der Waals surface area (Å²) >= 11 is 0. The van der Waals surface area contributed by atoms with Gasteiger partial charge >= 0.3 is 18.5 Å². The minimum Gasteiger partial charge on any atom is -0.478 e. The minimum absolute atomic E-state index is 0.264. The number of carbonyl (C=O) groups is 1. The quantitative estimate of drug-likeness (QED) is 0.796. The summed E-state index contributed by atoms with van der Waals surface area (Å²) in [6.07, 6.45) is -12.1. The zero-order valence-corrected chi connectivity index (χ0v) is 12.3. The monoisotopic (exact) mass is 358 g/mol. The molecule has 134 valence electrons. The van der Waals surface area contributed by atoms with Crippen LogP contribution in [0.15, 0.2) is 23.8 Å². The molecule has 4 nitrogen and oxygen atoms in total. The molecule has 1 aromatic carbocycles. The highest BCUT2D eigenvalue weighted by Gasteiger charge is 2.48. The van der Waals surface area contributed by atoms with Crippen molar-refractivity contribution in [1.82, 2.24) is 0 Å². The van der Waals surface area contributed by atoms with Crippen LogP contribution in [0.5, 0.6) is 11.5 Å².